The molecule has 0 fully saturated rings. The molecule has 1 atom stereocenters. The van der Waals surface area contributed by atoms with Crippen LogP contribution in [0.2, 0.25) is 0 Å². The van der Waals surface area contributed by atoms with Crippen molar-refractivity contribution < 1.29 is 41.4 Å². The van der Waals surface area contributed by atoms with Gasteiger partial charge >= 0.3 is 12.1 Å². The second-order valence-electron chi connectivity index (χ2n) is 6.04. The number of carbonyl (C=O) groups is 2. The third kappa shape index (κ3) is 8.36. The van der Waals surface area contributed by atoms with E-state index in [-0.39, 0.29) is 36.9 Å². The highest BCUT2D eigenvalue weighted by molar-refractivity contribution is 5.73. The molecule has 0 radical (unpaired) electrons. The molecular formula is C19H24F4N2O5. The second kappa shape index (κ2) is 12.1. The number of esters is 1. The van der Waals surface area contributed by atoms with E-state index in [1.165, 1.54) is 6.07 Å². The van der Waals surface area contributed by atoms with Crippen molar-refractivity contribution in [3.8, 4) is 5.88 Å². The Morgan fingerprint density at radius 3 is 2.53 bits per heavy atom. The number of methoxy groups -OCH3 is 1. The Kier molecular flexibility index (Phi) is 10.2. The molecule has 0 spiro atoms. The second-order valence-corrected chi connectivity index (χ2v) is 6.04. The number of aromatic nitrogens is 2. The molecule has 1 aliphatic rings. The molecule has 1 unspecified atom stereocenters. The van der Waals surface area contributed by atoms with Crippen molar-refractivity contribution in [2.45, 2.75) is 33.0 Å². The summed E-state index contributed by atoms with van der Waals surface area (Å²) in [4.78, 5) is 22.4. The van der Waals surface area contributed by atoms with Gasteiger partial charge in [-0.2, -0.15) is 18.3 Å². The molecule has 7 nitrogen and oxygen atoms in total. The minimum absolute atomic E-state index is 0.00684. The van der Waals surface area contributed by atoms with Gasteiger partial charge in [-0.25, -0.2) is 9.07 Å². The Balaban J connectivity index is 0.00000103. The molecular weight excluding hydrogens is 412 g/mol. The highest BCUT2D eigenvalue weighted by atomic mass is 19.4. The van der Waals surface area contributed by atoms with Crippen molar-refractivity contribution in [3.05, 3.63) is 35.3 Å². The van der Waals surface area contributed by atoms with Gasteiger partial charge in [0.05, 0.1) is 12.5 Å². The Morgan fingerprint density at radius 1 is 1.33 bits per heavy atom. The number of rotatable bonds is 8. The molecule has 1 aliphatic carbocycles. The number of carbonyl (C=O) groups excluding carboxylic acids is 2. The number of allylic oxidation sites excluding steroid dienone is 2. The fourth-order valence-corrected chi connectivity index (χ4v) is 2.33. The Labute approximate surface area is 171 Å². The standard InChI is InChI=1S/C16H16F4N2O4.C3H8O/c1-2-25-15(24)7-22-14(6-13(8-23)21-22)26-9-10-3-11(16(18,19)20)5-12(17)4-10;1-3-4-2/h3-4,6,8,11H,2,5,7,9H2,1H3;3H2,1-2H3. The maximum Gasteiger partial charge on any atom is 0.395 e. The Morgan fingerprint density at radius 2 is 2.00 bits per heavy atom. The van der Waals surface area contributed by atoms with Crippen LogP contribution in [0, 0.1) is 5.92 Å². The average Bonchev–Trinajstić information content (AvgIpc) is 3.07. The summed E-state index contributed by atoms with van der Waals surface area (Å²) >= 11 is 0. The van der Waals surface area contributed by atoms with Crippen LogP contribution < -0.4 is 4.74 Å². The van der Waals surface area contributed by atoms with Gasteiger partial charge in [-0.15, -0.1) is 0 Å². The summed E-state index contributed by atoms with van der Waals surface area (Å²) in [7, 11) is 1.68. The maximum absolute atomic E-state index is 13.5. The summed E-state index contributed by atoms with van der Waals surface area (Å²) in [5.74, 6) is -3.48. The highest BCUT2D eigenvalue weighted by Crippen LogP contribution is 2.36. The third-order valence-electron chi connectivity index (χ3n) is 3.73. The van der Waals surface area contributed by atoms with E-state index in [1.54, 1.807) is 14.0 Å². The van der Waals surface area contributed by atoms with Gasteiger partial charge in [0.15, 0.2) is 6.29 Å². The molecule has 0 amide bonds. The number of nitrogens with zero attached hydrogens (tertiary/aromatic N) is 2. The van der Waals surface area contributed by atoms with E-state index in [0.29, 0.717) is 6.29 Å². The summed E-state index contributed by atoms with van der Waals surface area (Å²) in [6.07, 6.45) is -3.03. The van der Waals surface area contributed by atoms with Crippen LogP contribution in [0.4, 0.5) is 17.6 Å². The molecule has 11 heteroatoms. The summed E-state index contributed by atoms with van der Waals surface area (Å²) in [5.41, 5.74) is -0.0376. The largest absolute Gasteiger partial charge is 0.473 e. The van der Waals surface area contributed by atoms with Gasteiger partial charge < -0.3 is 14.2 Å². The first kappa shape index (κ1) is 25.3. The molecule has 0 N–H and O–H groups in total. The Hall–Kier alpha value is -2.69. The van der Waals surface area contributed by atoms with Crippen LogP contribution >= 0.6 is 0 Å². The zero-order valence-corrected chi connectivity index (χ0v) is 16.9. The SMILES string of the molecule is CCOC.CCOC(=O)Cn1nc(C=O)cc1OCC1=CC(C(F)(F)F)CC(F)=C1. The minimum Gasteiger partial charge on any atom is -0.473 e. The zero-order chi connectivity index (χ0) is 22.7. The average molecular weight is 436 g/mol. The van der Waals surface area contributed by atoms with Gasteiger partial charge in [0.2, 0.25) is 5.88 Å². The van der Waals surface area contributed by atoms with Crippen LogP contribution in [0.5, 0.6) is 5.88 Å². The highest BCUT2D eigenvalue weighted by Gasteiger charge is 2.40. The van der Waals surface area contributed by atoms with Crippen LogP contribution in [0.3, 0.4) is 0 Å². The molecule has 0 saturated carbocycles. The number of aldehydes is 1. The Bertz CT molecular complexity index is 769. The summed E-state index contributed by atoms with van der Waals surface area (Å²) in [6, 6.07) is 1.22. The quantitative estimate of drug-likeness (QED) is 0.352. The van der Waals surface area contributed by atoms with Gasteiger partial charge in [-0.1, -0.05) is 6.08 Å². The van der Waals surface area contributed by atoms with E-state index < -0.39 is 30.3 Å². The molecule has 168 valence electrons. The fourth-order valence-electron chi connectivity index (χ4n) is 2.33. The van der Waals surface area contributed by atoms with Crippen molar-refractivity contribution in [1.82, 2.24) is 9.78 Å². The van der Waals surface area contributed by atoms with Gasteiger partial charge in [0, 0.05) is 26.2 Å². The topological polar surface area (TPSA) is 79.7 Å². The van der Waals surface area contributed by atoms with Gasteiger partial charge in [-0.05, 0) is 25.5 Å². The lowest BCUT2D eigenvalue weighted by Gasteiger charge is -2.21. The van der Waals surface area contributed by atoms with Gasteiger partial charge in [0.25, 0.3) is 0 Å². The van der Waals surface area contributed by atoms with Crippen LogP contribution in [0.25, 0.3) is 0 Å². The summed E-state index contributed by atoms with van der Waals surface area (Å²) < 4.78 is 67.6. The molecule has 30 heavy (non-hydrogen) atoms. The zero-order valence-electron chi connectivity index (χ0n) is 16.9. The lowest BCUT2D eigenvalue weighted by Crippen LogP contribution is -2.24. The van der Waals surface area contributed by atoms with E-state index in [4.69, 9.17) is 9.47 Å². The van der Waals surface area contributed by atoms with Crippen molar-refractivity contribution in [1.29, 1.82) is 0 Å². The fraction of sp³-hybridized carbons (Fsp3) is 0.526. The molecule has 0 bridgehead atoms. The van der Waals surface area contributed by atoms with E-state index in [2.05, 4.69) is 9.84 Å². The first-order chi connectivity index (χ1) is 14.1. The molecule has 0 aliphatic heterocycles. The maximum atomic E-state index is 13.5. The predicted molar refractivity (Wildman–Crippen MR) is 98.7 cm³/mol. The number of alkyl halides is 3. The third-order valence-corrected chi connectivity index (χ3v) is 3.73. The molecule has 0 aromatic carbocycles. The molecule has 1 aromatic heterocycles. The monoisotopic (exact) mass is 436 g/mol. The number of hydrogen-bond acceptors (Lipinski definition) is 6. The first-order valence-corrected chi connectivity index (χ1v) is 9.08. The summed E-state index contributed by atoms with van der Waals surface area (Å²) in [6.45, 7) is 3.81. The predicted octanol–water partition coefficient (Wildman–Crippen LogP) is 3.65. The lowest BCUT2D eigenvalue weighted by molar-refractivity contribution is -0.162. The van der Waals surface area contributed by atoms with Crippen molar-refractivity contribution >= 4 is 12.3 Å². The number of ether oxygens (including phenoxy) is 3. The minimum atomic E-state index is -4.56. The number of halogens is 4. The smallest absolute Gasteiger partial charge is 0.395 e. The molecule has 2 rings (SSSR count). The molecule has 0 saturated heterocycles. The van der Waals surface area contributed by atoms with Crippen LogP contribution in [-0.4, -0.2) is 55.1 Å². The van der Waals surface area contributed by atoms with Crippen LogP contribution in [0.1, 0.15) is 30.8 Å². The normalized spacial score (nSPS) is 16.0. The van der Waals surface area contributed by atoms with Crippen molar-refractivity contribution in [3.63, 3.8) is 0 Å². The van der Waals surface area contributed by atoms with E-state index >= 15 is 0 Å². The van der Waals surface area contributed by atoms with E-state index in [1.807, 2.05) is 6.92 Å². The van der Waals surface area contributed by atoms with Crippen LogP contribution in [0.15, 0.2) is 29.6 Å². The van der Waals surface area contributed by atoms with Gasteiger partial charge in [0.1, 0.15) is 24.7 Å². The van der Waals surface area contributed by atoms with Gasteiger partial charge in [-0.3, -0.25) is 9.59 Å². The molecule has 1 aromatic rings. The lowest BCUT2D eigenvalue weighted by atomic mass is 9.95. The van der Waals surface area contributed by atoms with E-state index in [9.17, 15) is 27.2 Å². The summed E-state index contributed by atoms with van der Waals surface area (Å²) in [5, 5.41) is 3.82. The first-order valence-electron chi connectivity index (χ1n) is 9.08. The van der Waals surface area contributed by atoms with E-state index in [0.717, 1.165) is 23.4 Å². The van der Waals surface area contributed by atoms with Crippen LogP contribution in [-0.2, 0) is 20.8 Å². The number of hydrogen-bond donors (Lipinski definition) is 0. The van der Waals surface area contributed by atoms with Crippen molar-refractivity contribution in [2.75, 3.05) is 26.9 Å². The molecule has 1 heterocycles. The van der Waals surface area contributed by atoms with Crippen molar-refractivity contribution in [2.24, 2.45) is 5.92 Å².